The van der Waals surface area contributed by atoms with Crippen molar-refractivity contribution in [3.63, 3.8) is 0 Å². The monoisotopic (exact) mass is 379 g/mol. The highest BCUT2D eigenvalue weighted by molar-refractivity contribution is 5.90. The Bertz CT molecular complexity index is 1150. The van der Waals surface area contributed by atoms with Crippen molar-refractivity contribution in [2.75, 3.05) is 0 Å². The normalized spacial score (nSPS) is 11.1. The van der Waals surface area contributed by atoms with Gasteiger partial charge in [0.2, 0.25) is 5.88 Å². The first-order chi connectivity index (χ1) is 13.5. The molecule has 0 fully saturated rings. The van der Waals surface area contributed by atoms with E-state index in [4.69, 9.17) is 10.5 Å². The predicted octanol–water partition coefficient (Wildman–Crippen LogP) is 4.92. The molecule has 2 N–H and O–H groups in total. The van der Waals surface area contributed by atoms with Crippen molar-refractivity contribution in [1.29, 1.82) is 0 Å². The van der Waals surface area contributed by atoms with E-state index in [2.05, 4.69) is 4.98 Å². The summed E-state index contributed by atoms with van der Waals surface area (Å²) in [5.74, 6) is -0.0189. The number of nitrogens with zero attached hydrogens (tertiary/aromatic N) is 2. The number of fused-ring (bicyclic) bond motifs is 1. The van der Waals surface area contributed by atoms with Crippen LogP contribution in [0.3, 0.4) is 0 Å². The van der Waals surface area contributed by atoms with Crippen molar-refractivity contribution in [2.24, 2.45) is 5.73 Å². The maximum Gasteiger partial charge on any atom is 0.219 e. The number of rotatable bonds is 5. The molecule has 0 saturated heterocycles. The Labute approximate surface area is 161 Å². The van der Waals surface area contributed by atoms with Gasteiger partial charge in [-0.15, -0.1) is 0 Å². The molecule has 4 nitrogen and oxygen atoms in total. The molecule has 0 aliphatic rings. The van der Waals surface area contributed by atoms with E-state index >= 15 is 0 Å². The fourth-order valence-corrected chi connectivity index (χ4v) is 3.32. The highest BCUT2D eigenvalue weighted by atomic mass is 19.1. The third-order valence-corrected chi connectivity index (χ3v) is 4.66. The van der Waals surface area contributed by atoms with Gasteiger partial charge in [0.25, 0.3) is 0 Å². The van der Waals surface area contributed by atoms with Crippen LogP contribution in [0.4, 0.5) is 8.78 Å². The molecule has 2 aromatic heterocycles. The zero-order valence-corrected chi connectivity index (χ0v) is 15.3. The van der Waals surface area contributed by atoms with Gasteiger partial charge in [-0.3, -0.25) is 0 Å². The predicted molar refractivity (Wildman–Crippen MR) is 104 cm³/mol. The van der Waals surface area contributed by atoms with Gasteiger partial charge in [-0.25, -0.2) is 13.8 Å². The molecule has 0 bridgehead atoms. The van der Waals surface area contributed by atoms with E-state index in [9.17, 15) is 8.78 Å². The van der Waals surface area contributed by atoms with Crippen LogP contribution in [0.1, 0.15) is 16.7 Å². The third-order valence-electron chi connectivity index (χ3n) is 4.66. The number of aromatic nitrogens is 2. The van der Waals surface area contributed by atoms with Crippen LogP contribution in [-0.2, 0) is 13.1 Å². The van der Waals surface area contributed by atoms with Crippen molar-refractivity contribution in [3.05, 3.63) is 89.2 Å². The Kier molecular flexibility index (Phi) is 4.79. The maximum absolute atomic E-state index is 14.1. The number of hydrogen-bond acceptors (Lipinski definition) is 3. The van der Waals surface area contributed by atoms with E-state index in [-0.39, 0.29) is 0 Å². The Morgan fingerprint density at radius 3 is 2.75 bits per heavy atom. The van der Waals surface area contributed by atoms with Crippen LogP contribution >= 0.6 is 0 Å². The van der Waals surface area contributed by atoms with Crippen LogP contribution in [0.25, 0.3) is 10.9 Å². The summed E-state index contributed by atoms with van der Waals surface area (Å²) in [6.45, 7) is 2.67. The molecule has 0 amide bonds. The molecule has 6 heteroatoms. The van der Waals surface area contributed by atoms with Crippen LogP contribution in [-0.4, -0.2) is 9.55 Å². The first-order valence-electron chi connectivity index (χ1n) is 8.90. The van der Waals surface area contributed by atoms with E-state index in [1.807, 2.05) is 42.0 Å². The summed E-state index contributed by atoms with van der Waals surface area (Å²) in [6.07, 6.45) is 3.59. The summed E-state index contributed by atoms with van der Waals surface area (Å²) in [5, 5.41) is 0.921. The average molecular weight is 379 g/mol. The summed E-state index contributed by atoms with van der Waals surface area (Å²) in [4.78, 5) is 4.24. The largest absolute Gasteiger partial charge is 0.438 e. The molecule has 2 heterocycles. The number of nitrogens with two attached hydrogens (primary N) is 1. The second-order valence-corrected chi connectivity index (χ2v) is 6.63. The Hall–Kier alpha value is -3.25. The van der Waals surface area contributed by atoms with Gasteiger partial charge in [0, 0.05) is 42.0 Å². The zero-order valence-electron chi connectivity index (χ0n) is 15.3. The second kappa shape index (κ2) is 7.40. The average Bonchev–Trinajstić information content (AvgIpc) is 3.01. The van der Waals surface area contributed by atoms with Gasteiger partial charge >= 0.3 is 0 Å². The molecular weight excluding hydrogens is 360 g/mol. The lowest BCUT2D eigenvalue weighted by Gasteiger charge is -2.10. The van der Waals surface area contributed by atoms with Crippen LogP contribution in [0.2, 0.25) is 0 Å². The van der Waals surface area contributed by atoms with E-state index in [0.717, 1.165) is 28.1 Å². The molecule has 0 aliphatic heterocycles. The minimum atomic E-state index is -0.585. The van der Waals surface area contributed by atoms with Crippen LogP contribution in [0.15, 0.2) is 60.9 Å². The van der Waals surface area contributed by atoms with Gasteiger partial charge in [-0.1, -0.05) is 12.1 Å². The quantitative estimate of drug-likeness (QED) is 0.535. The summed E-state index contributed by atoms with van der Waals surface area (Å²) >= 11 is 0. The number of ether oxygens (including phenoxy) is 1. The molecule has 0 spiro atoms. The molecule has 4 aromatic rings. The minimum Gasteiger partial charge on any atom is -0.438 e. The second-order valence-electron chi connectivity index (χ2n) is 6.63. The van der Waals surface area contributed by atoms with Gasteiger partial charge in [0.05, 0.1) is 12.1 Å². The van der Waals surface area contributed by atoms with Gasteiger partial charge < -0.3 is 15.0 Å². The SMILES string of the molecule is Cc1cn(Cc2ccc(F)cc2F)c2cccc(Oc3cc(CN)ccn3)c12. The molecule has 0 unspecified atom stereocenters. The van der Waals surface area contributed by atoms with Crippen molar-refractivity contribution in [3.8, 4) is 11.6 Å². The van der Waals surface area contributed by atoms with E-state index in [1.54, 1.807) is 12.3 Å². The number of pyridine rings is 1. The van der Waals surface area contributed by atoms with E-state index in [0.29, 0.717) is 30.3 Å². The van der Waals surface area contributed by atoms with Crippen molar-refractivity contribution in [2.45, 2.75) is 20.0 Å². The lowest BCUT2D eigenvalue weighted by molar-refractivity contribution is 0.467. The van der Waals surface area contributed by atoms with Crippen LogP contribution < -0.4 is 10.5 Å². The number of benzene rings is 2. The first kappa shape index (κ1) is 18.1. The van der Waals surface area contributed by atoms with Gasteiger partial charge in [-0.05, 0) is 42.3 Å². The van der Waals surface area contributed by atoms with Crippen LogP contribution in [0, 0.1) is 18.6 Å². The molecule has 0 aliphatic carbocycles. The van der Waals surface area contributed by atoms with Crippen LogP contribution in [0.5, 0.6) is 11.6 Å². The molecular formula is C22H19F2N3O. The summed E-state index contributed by atoms with van der Waals surface area (Å²) in [6, 6.07) is 13.0. The van der Waals surface area contributed by atoms with Gasteiger partial charge in [-0.2, -0.15) is 0 Å². The number of halogens is 2. The fraction of sp³-hybridized carbons (Fsp3) is 0.136. The lowest BCUT2D eigenvalue weighted by Crippen LogP contribution is -2.01. The van der Waals surface area contributed by atoms with Crippen molar-refractivity contribution >= 4 is 10.9 Å². The standard InChI is InChI=1S/C22H19F2N3O/c1-14-12-27(13-16-5-6-17(23)10-18(16)24)19-3-2-4-20(22(14)19)28-21-9-15(11-25)7-8-26-21/h2-10,12H,11,13,25H2,1H3. The molecule has 4 rings (SSSR count). The molecule has 28 heavy (non-hydrogen) atoms. The molecule has 0 radical (unpaired) electrons. The summed E-state index contributed by atoms with van der Waals surface area (Å²) in [5.41, 5.74) is 8.92. The highest BCUT2D eigenvalue weighted by Crippen LogP contribution is 2.33. The van der Waals surface area contributed by atoms with Crippen molar-refractivity contribution < 1.29 is 13.5 Å². The third kappa shape index (κ3) is 3.46. The Morgan fingerprint density at radius 1 is 1.11 bits per heavy atom. The van der Waals surface area contributed by atoms with E-state index < -0.39 is 11.6 Å². The number of aryl methyl sites for hydroxylation is 1. The lowest BCUT2D eigenvalue weighted by atomic mass is 10.1. The summed E-state index contributed by atoms with van der Waals surface area (Å²) < 4.78 is 35.2. The molecule has 0 atom stereocenters. The Morgan fingerprint density at radius 2 is 1.96 bits per heavy atom. The Balaban J connectivity index is 1.72. The minimum absolute atomic E-state index is 0.292. The maximum atomic E-state index is 14.1. The number of hydrogen-bond donors (Lipinski definition) is 1. The highest BCUT2D eigenvalue weighted by Gasteiger charge is 2.14. The summed E-state index contributed by atoms with van der Waals surface area (Å²) in [7, 11) is 0. The fourth-order valence-electron chi connectivity index (χ4n) is 3.32. The molecule has 2 aromatic carbocycles. The van der Waals surface area contributed by atoms with Gasteiger partial charge in [0.15, 0.2) is 0 Å². The van der Waals surface area contributed by atoms with E-state index in [1.165, 1.54) is 12.1 Å². The first-order valence-corrected chi connectivity index (χ1v) is 8.90. The molecule has 0 saturated carbocycles. The topological polar surface area (TPSA) is 53.1 Å². The molecule has 142 valence electrons. The zero-order chi connectivity index (χ0) is 19.7. The smallest absolute Gasteiger partial charge is 0.219 e. The van der Waals surface area contributed by atoms with Gasteiger partial charge in [0.1, 0.15) is 17.4 Å². The van der Waals surface area contributed by atoms with Crippen molar-refractivity contribution in [1.82, 2.24) is 9.55 Å².